The number of hydrogen-bond donors (Lipinski definition) is 1. The van der Waals surface area contributed by atoms with Gasteiger partial charge in [-0.15, -0.1) is 10.2 Å². The van der Waals surface area contributed by atoms with Gasteiger partial charge in [0.15, 0.2) is 22.5 Å². The van der Waals surface area contributed by atoms with Gasteiger partial charge in [0, 0.05) is 18.7 Å². The summed E-state index contributed by atoms with van der Waals surface area (Å²) in [6, 6.07) is 6.03. The van der Waals surface area contributed by atoms with Crippen LogP contribution in [-0.4, -0.2) is 38.8 Å². The Balaban J connectivity index is 1.43. The molecule has 2 aromatic rings. The third-order valence-electron chi connectivity index (χ3n) is 5.07. The Morgan fingerprint density at radius 2 is 2.00 bits per heavy atom. The van der Waals surface area contributed by atoms with Crippen molar-refractivity contribution in [2.24, 2.45) is 7.05 Å². The second-order valence-corrected chi connectivity index (χ2v) is 8.34. The van der Waals surface area contributed by atoms with Crippen molar-refractivity contribution in [1.82, 2.24) is 20.1 Å². The zero-order valence-corrected chi connectivity index (χ0v) is 16.4. The maximum absolute atomic E-state index is 12.5. The minimum atomic E-state index is -0.223. The van der Waals surface area contributed by atoms with Crippen molar-refractivity contribution in [1.29, 1.82) is 0 Å². The topological polar surface area (TPSA) is 78.3 Å². The van der Waals surface area contributed by atoms with Crippen molar-refractivity contribution in [2.75, 3.05) is 6.79 Å². The zero-order chi connectivity index (χ0) is 18.8. The Morgan fingerprint density at radius 1 is 1.22 bits per heavy atom. The van der Waals surface area contributed by atoms with Crippen LogP contribution in [0.5, 0.6) is 11.5 Å². The fraction of sp³-hybridized carbons (Fsp3) is 0.526. The first-order chi connectivity index (χ1) is 13.1. The molecule has 144 valence electrons. The van der Waals surface area contributed by atoms with Crippen LogP contribution in [0.1, 0.15) is 39.0 Å². The summed E-state index contributed by atoms with van der Waals surface area (Å²) in [7, 11) is 1.91. The van der Waals surface area contributed by atoms with E-state index in [1.54, 1.807) is 0 Å². The lowest BCUT2D eigenvalue weighted by Crippen LogP contribution is -2.40. The number of amides is 1. The van der Waals surface area contributed by atoms with Gasteiger partial charge in [-0.05, 0) is 38.0 Å². The summed E-state index contributed by atoms with van der Waals surface area (Å²) in [5.41, 5.74) is 0.903. The predicted molar refractivity (Wildman–Crippen MR) is 103 cm³/mol. The van der Waals surface area contributed by atoms with E-state index in [0.717, 1.165) is 30.0 Å². The summed E-state index contributed by atoms with van der Waals surface area (Å²) in [6.45, 7) is 2.16. The highest BCUT2D eigenvalue weighted by Gasteiger charge is 2.23. The minimum absolute atomic E-state index is 0.0690. The van der Waals surface area contributed by atoms with E-state index in [0.29, 0.717) is 16.9 Å². The van der Waals surface area contributed by atoms with Crippen LogP contribution in [0, 0.1) is 0 Å². The predicted octanol–water partition coefficient (Wildman–Crippen LogP) is 3.14. The number of carbonyl (C=O) groups is 1. The number of fused-ring (bicyclic) bond motifs is 1. The number of ether oxygens (including phenoxy) is 2. The van der Waals surface area contributed by atoms with E-state index in [4.69, 9.17) is 9.47 Å². The molecule has 1 amide bonds. The van der Waals surface area contributed by atoms with Gasteiger partial charge < -0.3 is 19.4 Å². The van der Waals surface area contributed by atoms with E-state index >= 15 is 0 Å². The third-order valence-corrected chi connectivity index (χ3v) is 6.20. The van der Waals surface area contributed by atoms with Crippen molar-refractivity contribution in [3.05, 3.63) is 18.2 Å². The lowest BCUT2D eigenvalue weighted by atomic mass is 9.95. The third kappa shape index (κ3) is 3.90. The summed E-state index contributed by atoms with van der Waals surface area (Å²) >= 11 is 1.43. The number of hydrogen-bond acceptors (Lipinski definition) is 6. The fourth-order valence-corrected chi connectivity index (χ4v) is 4.31. The van der Waals surface area contributed by atoms with Crippen LogP contribution in [0.3, 0.4) is 0 Å². The van der Waals surface area contributed by atoms with E-state index < -0.39 is 0 Å². The van der Waals surface area contributed by atoms with Crippen molar-refractivity contribution in [3.63, 3.8) is 0 Å². The summed E-state index contributed by atoms with van der Waals surface area (Å²) in [5.74, 6) is 2.25. The Labute approximate surface area is 162 Å². The number of aromatic nitrogens is 3. The zero-order valence-electron chi connectivity index (χ0n) is 15.6. The number of nitrogens with one attached hydrogen (secondary N) is 1. The van der Waals surface area contributed by atoms with Gasteiger partial charge in [-0.2, -0.15) is 0 Å². The molecule has 1 N–H and O–H groups in total. The maximum atomic E-state index is 12.5. The highest BCUT2D eigenvalue weighted by molar-refractivity contribution is 8.00. The van der Waals surface area contributed by atoms with Gasteiger partial charge in [-0.1, -0.05) is 31.0 Å². The molecule has 0 radical (unpaired) electrons. The molecule has 0 saturated heterocycles. The fourth-order valence-electron chi connectivity index (χ4n) is 3.48. The van der Waals surface area contributed by atoms with Crippen molar-refractivity contribution in [3.8, 4) is 22.9 Å². The van der Waals surface area contributed by atoms with Gasteiger partial charge in [0.1, 0.15) is 0 Å². The maximum Gasteiger partial charge on any atom is 0.233 e. The van der Waals surface area contributed by atoms with Gasteiger partial charge >= 0.3 is 0 Å². The van der Waals surface area contributed by atoms with Crippen LogP contribution in [0.2, 0.25) is 0 Å². The number of nitrogens with zero attached hydrogens (tertiary/aromatic N) is 3. The first-order valence-corrected chi connectivity index (χ1v) is 10.3. The van der Waals surface area contributed by atoms with Crippen molar-refractivity contribution >= 4 is 17.7 Å². The molecule has 1 aromatic carbocycles. The Morgan fingerprint density at radius 3 is 2.81 bits per heavy atom. The van der Waals surface area contributed by atoms with Crippen molar-refractivity contribution < 1.29 is 14.3 Å². The van der Waals surface area contributed by atoms with Crippen LogP contribution in [0.4, 0.5) is 0 Å². The van der Waals surface area contributed by atoms with Crippen LogP contribution in [-0.2, 0) is 11.8 Å². The van der Waals surface area contributed by atoms with Crippen LogP contribution < -0.4 is 14.8 Å². The van der Waals surface area contributed by atoms with Crippen LogP contribution in [0.25, 0.3) is 11.4 Å². The van der Waals surface area contributed by atoms with Gasteiger partial charge in [0.05, 0.1) is 5.25 Å². The Bertz CT molecular complexity index is 832. The molecule has 7 nitrogen and oxygen atoms in total. The summed E-state index contributed by atoms with van der Waals surface area (Å²) in [4.78, 5) is 12.5. The molecule has 0 bridgehead atoms. The molecule has 1 fully saturated rings. The lowest BCUT2D eigenvalue weighted by Gasteiger charge is -2.24. The average Bonchev–Trinajstić information content (AvgIpc) is 3.29. The number of thioether (sulfide) groups is 1. The summed E-state index contributed by atoms with van der Waals surface area (Å²) in [6.07, 6.45) is 5.85. The first kappa shape index (κ1) is 18.2. The molecule has 8 heteroatoms. The molecule has 1 unspecified atom stereocenters. The molecule has 2 heterocycles. The molecule has 1 aliphatic carbocycles. The lowest BCUT2D eigenvalue weighted by molar-refractivity contribution is -0.121. The molecular formula is C19H24N4O3S. The first-order valence-electron chi connectivity index (χ1n) is 9.38. The van der Waals surface area contributed by atoms with Gasteiger partial charge in [0.25, 0.3) is 0 Å². The number of rotatable bonds is 5. The quantitative estimate of drug-likeness (QED) is 0.793. The molecule has 1 aliphatic heterocycles. The minimum Gasteiger partial charge on any atom is -0.454 e. The molecule has 27 heavy (non-hydrogen) atoms. The molecule has 1 aromatic heterocycles. The van der Waals surface area contributed by atoms with Crippen LogP contribution >= 0.6 is 11.8 Å². The molecular weight excluding hydrogens is 364 g/mol. The Hall–Kier alpha value is -2.22. The highest BCUT2D eigenvalue weighted by Crippen LogP contribution is 2.36. The van der Waals surface area contributed by atoms with E-state index in [1.165, 1.54) is 31.0 Å². The number of benzene rings is 1. The molecule has 2 aliphatic rings. The summed E-state index contributed by atoms with van der Waals surface area (Å²) in [5, 5.41) is 12.3. The second kappa shape index (κ2) is 7.80. The van der Waals surface area contributed by atoms with E-state index in [1.807, 2.05) is 36.7 Å². The Kier molecular flexibility index (Phi) is 5.24. The molecule has 1 saturated carbocycles. The van der Waals surface area contributed by atoms with Gasteiger partial charge in [-0.25, -0.2) is 0 Å². The second-order valence-electron chi connectivity index (χ2n) is 7.04. The summed E-state index contributed by atoms with van der Waals surface area (Å²) < 4.78 is 12.7. The standard InChI is InChI=1S/C19H24N4O3S/c1-12(18(24)20-14-6-4-3-5-7-14)27-19-22-21-17(23(19)2)13-8-9-15-16(10-13)26-11-25-15/h8-10,12,14H,3-7,11H2,1-2H3,(H,20,24). The average molecular weight is 388 g/mol. The molecule has 1 atom stereocenters. The monoisotopic (exact) mass is 388 g/mol. The van der Waals surface area contributed by atoms with E-state index in [-0.39, 0.29) is 18.0 Å². The van der Waals surface area contributed by atoms with Crippen LogP contribution in [0.15, 0.2) is 23.4 Å². The van der Waals surface area contributed by atoms with Crippen molar-refractivity contribution in [2.45, 2.75) is 55.5 Å². The van der Waals surface area contributed by atoms with E-state index in [2.05, 4.69) is 15.5 Å². The normalized spacial score (nSPS) is 17.7. The highest BCUT2D eigenvalue weighted by atomic mass is 32.2. The van der Waals surface area contributed by atoms with E-state index in [9.17, 15) is 4.79 Å². The number of carbonyl (C=O) groups excluding carboxylic acids is 1. The SMILES string of the molecule is CC(Sc1nnc(-c2ccc3c(c2)OCO3)n1C)C(=O)NC1CCCCC1. The van der Waals surface area contributed by atoms with Gasteiger partial charge in [-0.3, -0.25) is 4.79 Å². The van der Waals surface area contributed by atoms with Gasteiger partial charge in [0.2, 0.25) is 12.7 Å². The molecule has 0 spiro atoms. The smallest absolute Gasteiger partial charge is 0.233 e. The largest absolute Gasteiger partial charge is 0.454 e. The molecule has 4 rings (SSSR count).